The Kier molecular flexibility index (Phi) is 3.24. The van der Waals surface area contributed by atoms with Crippen molar-refractivity contribution in [1.82, 2.24) is 10.3 Å². The lowest BCUT2D eigenvalue weighted by atomic mass is 10.1. The molecule has 2 rings (SSSR count). The second-order valence-electron chi connectivity index (χ2n) is 3.77. The summed E-state index contributed by atoms with van der Waals surface area (Å²) in [7, 11) is 1.61. The third-order valence-corrected chi connectivity index (χ3v) is 2.59. The number of methoxy groups -OCH3 is 1. The first-order chi connectivity index (χ1) is 7.78. The molecule has 1 aromatic rings. The standard InChI is InChI=1S/C11H15N3O2/c1-16-9-3-4-10(12-7-9)14-8-2-5-11(15)13-6-8/h3-4,7-8H,2,5-6H2,1H3,(H,12,14)(H,13,15). The molecule has 0 aliphatic carbocycles. The highest BCUT2D eigenvalue weighted by atomic mass is 16.5. The molecular weight excluding hydrogens is 206 g/mol. The molecule has 2 N–H and O–H groups in total. The van der Waals surface area contributed by atoms with Crippen LogP contribution in [0.4, 0.5) is 5.82 Å². The van der Waals surface area contributed by atoms with Crippen molar-refractivity contribution in [3.63, 3.8) is 0 Å². The topological polar surface area (TPSA) is 63.2 Å². The molecular formula is C11H15N3O2. The average Bonchev–Trinajstić information content (AvgIpc) is 2.33. The first-order valence-corrected chi connectivity index (χ1v) is 5.31. The molecule has 16 heavy (non-hydrogen) atoms. The molecule has 1 aromatic heterocycles. The van der Waals surface area contributed by atoms with Gasteiger partial charge in [-0.05, 0) is 18.6 Å². The fourth-order valence-electron chi connectivity index (χ4n) is 1.65. The smallest absolute Gasteiger partial charge is 0.220 e. The molecule has 1 aliphatic rings. The van der Waals surface area contributed by atoms with Gasteiger partial charge < -0.3 is 15.4 Å². The normalized spacial score (nSPS) is 20.1. The van der Waals surface area contributed by atoms with Gasteiger partial charge in [-0.25, -0.2) is 4.98 Å². The largest absolute Gasteiger partial charge is 0.495 e. The van der Waals surface area contributed by atoms with Crippen LogP contribution < -0.4 is 15.4 Å². The van der Waals surface area contributed by atoms with Gasteiger partial charge in [0.1, 0.15) is 11.6 Å². The number of carbonyl (C=O) groups is 1. The number of anilines is 1. The van der Waals surface area contributed by atoms with Crippen molar-refractivity contribution in [2.24, 2.45) is 0 Å². The first-order valence-electron chi connectivity index (χ1n) is 5.31. The van der Waals surface area contributed by atoms with Crippen molar-refractivity contribution in [3.05, 3.63) is 18.3 Å². The molecule has 5 nitrogen and oxygen atoms in total. The minimum absolute atomic E-state index is 0.126. The number of aromatic nitrogens is 1. The third kappa shape index (κ3) is 2.62. The summed E-state index contributed by atoms with van der Waals surface area (Å²) in [5, 5.41) is 6.09. The van der Waals surface area contributed by atoms with E-state index in [1.54, 1.807) is 13.3 Å². The molecule has 0 bridgehead atoms. The maximum Gasteiger partial charge on any atom is 0.220 e. The maximum atomic E-state index is 11.0. The maximum absolute atomic E-state index is 11.0. The van der Waals surface area contributed by atoms with Gasteiger partial charge in [0.05, 0.1) is 13.3 Å². The molecule has 1 unspecified atom stereocenters. The molecule has 5 heteroatoms. The zero-order valence-electron chi connectivity index (χ0n) is 9.19. The van der Waals surface area contributed by atoms with Crippen LogP contribution >= 0.6 is 0 Å². The highest BCUT2D eigenvalue weighted by Gasteiger charge is 2.17. The Balaban J connectivity index is 1.90. The molecule has 0 saturated carbocycles. The zero-order chi connectivity index (χ0) is 11.4. The van der Waals surface area contributed by atoms with E-state index in [1.165, 1.54) is 0 Å². The Morgan fingerprint density at radius 1 is 1.56 bits per heavy atom. The number of carbonyl (C=O) groups excluding carboxylic acids is 1. The van der Waals surface area contributed by atoms with Gasteiger partial charge in [0.25, 0.3) is 0 Å². The highest BCUT2D eigenvalue weighted by molar-refractivity contribution is 5.76. The molecule has 2 heterocycles. The van der Waals surface area contributed by atoms with Crippen molar-refractivity contribution < 1.29 is 9.53 Å². The Morgan fingerprint density at radius 3 is 3.00 bits per heavy atom. The monoisotopic (exact) mass is 221 g/mol. The molecule has 1 aliphatic heterocycles. The fourth-order valence-corrected chi connectivity index (χ4v) is 1.65. The molecule has 0 spiro atoms. The van der Waals surface area contributed by atoms with Gasteiger partial charge in [-0.2, -0.15) is 0 Å². The molecule has 1 fully saturated rings. The van der Waals surface area contributed by atoms with Crippen LogP contribution in [0.3, 0.4) is 0 Å². The van der Waals surface area contributed by atoms with Gasteiger partial charge in [-0.1, -0.05) is 0 Å². The SMILES string of the molecule is COc1ccc(NC2CCC(=O)NC2)nc1. The third-order valence-electron chi connectivity index (χ3n) is 2.59. The molecule has 1 atom stereocenters. The second-order valence-corrected chi connectivity index (χ2v) is 3.77. The minimum Gasteiger partial charge on any atom is -0.495 e. The average molecular weight is 221 g/mol. The van der Waals surface area contributed by atoms with Crippen LogP contribution in [0.1, 0.15) is 12.8 Å². The van der Waals surface area contributed by atoms with Crippen LogP contribution in [0.2, 0.25) is 0 Å². The predicted octanol–water partition coefficient (Wildman–Crippen LogP) is 0.781. The summed E-state index contributed by atoms with van der Waals surface area (Å²) in [5.41, 5.74) is 0. The van der Waals surface area contributed by atoms with Gasteiger partial charge in [-0.3, -0.25) is 4.79 Å². The van der Waals surface area contributed by atoms with Crippen molar-refractivity contribution >= 4 is 11.7 Å². The number of hydrogen-bond donors (Lipinski definition) is 2. The van der Waals surface area contributed by atoms with Gasteiger partial charge in [0, 0.05) is 19.0 Å². The van der Waals surface area contributed by atoms with Crippen molar-refractivity contribution in [2.45, 2.75) is 18.9 Å². The van der Waals surface area contributed by atoms with E-state index in [1.807, 2.05) is 12.1 Å². The Labute approximate surface area is 94.2 Å². The van der Waals surface area contributed by atoms with Crippen LogP contribution in [-0.2, 0) is 4.79 Å². The molecule has 86 valence electrons. The summed E-state index contributed by atoms with van der Waals surface area (Å²) in [6.07, 6.45) is 3.09. The number of nitrogens with zero attached hydrogens (tertiary/aromatic N) is 1. The van der Waals surface area contributed by atoms with E-state index >= 15 is 0 Å². The molecule has 0 radical (unpaired) electrons. The zero-order valence-corrected chi connectivity index (χ0v) is 9.19. The van der Waals surface area contributed by atoms with E-state index < -0.39 is 0 Å². The number of ether oxygens (including phenoxy) is 1. The van der Waals surface area contributed by atoms with E-state index in [0.717, 1.165) is 18.0 Å². The van der Waals surface area contributed by atoms with Crippen LogP contribution in [-0.4, -0.2) is 30.6 Å². The number of piperidine rings is 1. The van der Waals surface area contributed by atoms with Crippen molar-refractivity contribution in [1.29, 1.82) is 0 Å². The lowest BCUT2D eigenvalue weighted by Gasteiger charge is -2.23. The number of amides is 1. The van der Waals surface area contributed by atoms with Crippen LogP contribution in [0, 0.1) is 0 Å². The first kappa shape index (κ1) is 10.7. The van der Waals surface area contributed by atoms with E-state index in [2.05, 4.69) is 15.6 Å². The van der Waals surface area contributed by atoms with Crippen molar-refractivity contribution in [3.8, 4) is 5.75 Å². The van der Waals surface area contributed by atoms with Crippen LogP contribution in [0.25, 0.3) is 0 Å². The summed E-state index contributed by atoms with van der Waals surface area (Å²) in [4.78, 5) is 15.2. The number of nitrogens with one attached hydrogen (secondary N) is 2. The lowest BCUT2D eigenvalue weighted by molar-refractivity contribution is -0.122. The molecule has 1 amide bonds. The Hall–Kier alpha value is -1.78. The summed E-state index contributed by atoms with van der Waals surface area (Å²) < 4.78 is 5.03. The Morgan fingerprint density at radius 2 is 2.44 bits per heavy atom. The number of pyridine rings is 1. The lowest BCUT2D eigenvalue weighted by Crippen LogP contribution is -2.42. The van der Waals surface area contributed by atoms with Gasteiger partial charge in [0.2, 0.25) is 5.91 Å². The van der Waals surface area contributed by atoms with Crippen molar-refractivity contribution in [2.75, 3.05) is 19.0 Å². The Bertz CT molecular complexity index is 354. The predicted molar refractivity (Wildman–Crippen MR) is 60.4 cm³/mol. The van der Waals surface area contributed by atoms with E-state index in [4.69, 9.17) is 4.74 Å². The summed E-state index contributed by atoms with van der Waals surface area (Å²) in [6, 6.07) is 3.99. The van der Waals surface area contributed by atoms with Crippen LogP contribution in [0.15, 0.2) is 18.3 Å². The minimum atomic E-state index is 0.126. The number of hydrogen-bond acceptors (Lipinski definition) is 4. The second kappa shape index (κ2) is 4.83. The van der Waals surface area contributed by atoms with E-state index in [0.29, 0.717) is 13.0 Å². The van der Waals surface area contributed by atoms with Gasteiger partial charge >= 0.3 is 0 Å². The summed E-state index contributed by atoms with van der Waals surface area (Å²) >= 11 is 0. The van der Waals surface area contributed by atoms with Gasteiger partial charge in [-0.15, -0.1) is 0 Å². The quantitative estimate of drug-likeness (QED) is 0.791. The molecule has 1 saturated heterocycles. The fraction of sp³-hybridized carbons (Fsp3) is 0.455. The van der Waals surface area contributed by atoms with Gasteiger partial charge in [0.15, 0.2) is 0 Å². The van der Waals surface area contributed by atoms with E-state index in [9.17, 15) is 4.79 Å². The van der Waals surface area contributed by atoms with Crippen LogP contribution in [0.5, 0.6) is 5.75 Å². The number of rotatable bonds is 3. The van der Waals surface area contributed by atoms with E-state index in [-0.39, 0.29) is 11.9 Å². The molecule has 0 aromatic carbocycles. The highest BCUT2D eigenvalue weighted by Crippen LogP contribution is 2.14. The summed E-state index contributed by atoms with van der Waals surface area (Å²) in [5.74, 6) is 1.67. The summed E-state index contributed by atoms with van der Waals surface area (Å²) in [6.45, 7) is 0.659.